The van der Waals surface area contributed by atoms with Crippen molar-refractivity contribution in [2.75, 3.05) is 24.6 Å². The van der Waals surface area contributed by atoms with Gasteiger partial charge in [-0.2, -0.15) is 16.1 Å². The van der Waals surface area contributed by atoms with Crippen LogP contribution >= 0.6 is 11.8 Å². The van der Waals surface area contributed by atoms with Gasteiger partial charge < -0.3 is 5.73 Å². The van der Waals surface area contributed by atoms with Gasteiger partial charge in [-0.25, -0.2) is 12.8 Å². The third-order valence-corrected chi connectivity index (χ3v) is 6.18. The van der Waals surface area contributed by atoms with Gasteiger partial charge in [0.25, 0.3) is 0 Å². The lowest BCUT2D eigenvalue weighted by molar-refractivity contribution is 0.423. The summed E-state index contributed by atoms with van der Waals surface area (Å²) in [5.41, 5.74) is 6.09. The number of sulfonamides is 1. The average Bonchev–Trinajstić information content (AvgIpc) is 2.35. The van der Waals surface area contributed by atoms with Crippen LogP contribution in [0, 0.1) is 12.7 Å². The van der Waals surface area contributed by atoms with Crippen LogP contribution < -0.4 is 5.73 Å². The zero-order valence-electron chi connectivity index (χ0n) is 10.9. The zero-order chi connectivity index (χ0) is 14.2. The van der Waals surface area contributed by atoms with Gasteiger partial charge in [-0.15, -0.1) is 0 Å². The van der Waals surface area contributed by atoms with Crippen molar-refractivity contribution in [3.8, 4) is 0 Å². The summed E-state index contributed by atoms with van der Waals surface area (Å²) in [6, 6.07) is 2.38. The van der Waals surface area contributed by atoms with E-state index in [2.05, 4.69) is 0 Å². The fourth-order valence-corrected chi connectivity index (χ4v) is 4.78. The standard InChI is InChI=1S/C12H17FN2O2S2/c1-8-7-15(3-4-18-8)19(16,17)10-5-11(13)9(2)12(14)6-10/h5-6,8H,3-4,7,14H2,1-2H3. The lowest BCUT2D eigenvalue weighted by Crippen LogP contribution is -2.41. The van der Waals surface area contributed by atoms with Gasteiger partial charge in [-0.1, -0.05) is 6.92 Å². The summed E-state index contributed by atoms with van der Waals surface area (Å²) in [5.74, 6) is 0.169. The highest BCUT2D eigenvalue weighted by Gasteiger charge is 2.29. The smallest absolute Gasteiger partial charge is 0.243 e. The van der Waals surface area contributed by atoms with Crippen LogP contribution in [-0.4, -0.2) is 36.8 Å². The maximum atomic E-state index is 13.6. The van der Waals surface area contributed by atoms with Crippen molar-refractivity contribution in [3.05, 3.63) is 23.5 Å². The van der Waals surface area contributed by atoms with E-state index < -0.39 is 15.8 Å². The van der Waals surface area contributed by atoms with Gasteiger partial charge in [0.1, 0.15) is 5.82 Å². The summed E-state index contributed by atoms with van der Waals surface area (Å²) in [4.78, 5) is -0.0628. The van der Waals surface area contributed by atoms with E-state index in [4.69, 9.17) is 5.73 Å². The lowest BCUT2D eigenvalue weighted by atomic mass is 10.2. The first-order chi connectivity index (χ1) is 8.82. The molecule has 0 radical (unpaired) electrons. The van der Waals surface area contributed by atoms with Gasteiger partial charge >= 0.3 is 0 Å². The minimum atomic E-state index is -3.66. The molecule has 0 aliphatic carbocycles. The molecule has 1 saturated heterocycles. The summed E-state index contributed by atoms with van der Waals surface area (Å²) in [6.45, 7) is 4.41. The number of thioether (sulfide) groups is 1. The quantitative estimate of drug-likeness (QED) is 0.847. The van der Waals surface area contributed by atoms with Gasteiger partial charge in [0, 0.05) is 35.3 Å². The lowest BCUT2D eigenvalue weighted by Gasteiger charge is -2.29. The van der Waals surface area contributed by atoms with Gasteiger partial charge in [-0.05, 0) is 19.1 Å². The molecule has 1 heterocycles. The van der Waals surface area contributed by atoms with E-state index in [0.717, 1.165) is 11.8 Å². The first kappa shape index (κ1) is 14.6. The predicted molar refractivity (Wildman–Crippen MR) is 76.2 cm³/mol. The Morgan fingerprint density at radius 1 is 1.47 bits per heavy atom. The van der Waals surface area contributed by atoms with Gasteiger partial charge in [0.15, 0.2) is 0 Å². The van der Waals surface area contributed by atoms with Gasteiger partial charge in [0.2, 0.25) is 10.0 Å². The molecular formula is C12H17FN2O2S2. The molecule has 1 aliphatic heterocycles. The Morgan fingerprint density at radius 3 is 2.74 bits per heavy atom. The summed E-state index contributed by atoms with van der Waals surface area (Å²) >= 11 is 1.74. The molecule has 106 valence electrons. The van der Waals surface area contributed by atoms with Crippen LogP contribution in [0.15, 0.2) is 17.0 Å². The Balaban J connectivity index is 2.39. The third kappa shape index (κ3) is 2.88. The number of halogens is 1. The highest BCUT2D eigenvalue weighted by molar-refractivity contribution is 8.00. The fourth-order valence-electron chi connectivity index (χ4n) is 1.98. The van der Waals surface area contributed by atoms with E-state index in [9.17, 15) is 12.8 Å². The van der Waals surface area contributed by atoms with Crippen LogP contribution in [-0.2, 0) is 10.0 Å². The molecular weight excluding hydrogens is 287 g/mol. The number of nitrogens with two attached hydrogens (primary N) is 1. The van der Waals surface area contributed by atoms with Crippen molar-refractivity contribution < 1.29 is 12.8 Å². The molecule has 19 heavy (non-hydrogen) atoms. The van der Waals surface area contributed by atoms with Crippen LogP contribution in [0.2, 0.25) is 0 Å². The van der Waals surface area contributed by atoms with E-state index in [1.807, 2.05) is 6.92 Å². The number of nitrogens with zero attached hydrogens (tertiary/aromatic N) is 1. The molecule has 1 aliphatic rings. The van der Waals surface area contributed by atoms with E-state index in [0.29, 0.717) is 13.1 Å². The molecule has 1 unspecified atom stereocenters. The van der Waals surface area contributed by atoms with Crippen LogP contribution in [0.1, 0.15) is 12.5 Å². The maximum Gasteiger partial charge on any atom is 0.243 e. The third-order valence-electron chi connectivity index (χ3n) is 3.20. The molecule has 0 aromatic heterocycles. The van der Waals surface area contributed by atoms with E-state index >= 15 is 0 Å². The van der Waals surface area contributed by atoms with Crippen LogP contribution in [0.5, 0.6) is 0 Å². The molecule has 7 heteroatoms. The number of rotatable bonds is 2. The van der Waals surface area contributed by atoms with Crippen molar-refractivity contribution >= 4 is 27.5 Å². The molecule has 1 atom stereocenters. The van der Waals surface area contributed by atoms with Crippen LogP contribution in [0.3, 0.4) is 0 Å². The Kier molecular flexibility index (Phi) is 4.08. The van der Waals surface area contributed by atoms with Crippen molar-refractivity contribution in [2.24, 2.45) is 0 Å². The number of benzene rings is 1. The average molecular weight is 304 g/mol. The molecule has 1 fully saturated rings. The minimum Gasteiger partial charge on any atom is -0.398 e. The molecule has 4 nitrogen and oxygen atoms in total. The Morgan fingerprint density at radius 2 is 2.16 bits per heavy atom. The number of nitrogen functional groups attached to an aromatic ring is 1. The van der Waals surface area contributed by atoms with Crippen LogP contribution in [0.4, 0.5) is 10.1 Å². The summed E-state index contributed by atoms with van der Waals surface area (Å²) in [6.07, 6.45) is 0. The number of hydrogen-bond donors (Lipinski definition) is 1. The summed E-state index contributed by atoms with van der Waals surface area (Å²) < 4.78 is 39.9. The van der Waals surface area contributed by atoms with Crippen molar-refractivity contribution in [1.29, 1.82) is 0 Å². The van der Waals surface area contributed by atoms with Gasteiger partial charge in [-0.3, -0.25) is 0 Å². The molecule has 2 N–H and O–H groups in total. The number of anilines is 1. The molecule has 0 amide bonds. The normalized spacial score (nSPS) is 21.5. The largest absolute Gasteiger partial charge is 0.398 e. The Bertz CT molecular complexity index is 566. The summed E-state index contributed by atoms with van der Waals surface area (Å²) in [5, 5.41) is 0.246. The molecule has 1 aromatic carbocycles. The first-order valence-electron chi connectivity index (χ1n) is 5.99. The predicted octanol–water partition coefficient (Wildman–Crippen LogP) is 1.84. The maximum absolute atomic E-state index is 13.6. The second-order valence-corrected chi connectivity index (χ2v) is 8.15. The van der Waals surface area contributed by atoms with E-state index in [-0.39, 0.29) is 21.4 Å². The number of hydrogen-bond acceptors (Lipinski definition) is 4. The molecule has 1 aromatic rings. The second kappa shape index (κ2) is 5.30. The van der Waals surface area contributed by atoms with Crippen molar-refractivity contribution in [3.63, 3.8) is 0 Å². The van der Waals surface area contributed by atoms with Crippen molar-refractivity contribution in [1.82, 2.24) is 4.31 Å². The highest BCUT2D eigenvalue weighted by atomic mass is 32.2. The Labute approximate surface area is 117 Å². The Hall–Kier alpha value is -0.790. The molecule has 0 bridgehead atoms. The van der Waals surface area contributed by atoms with E-state index in [1.165, 1.54) is 17.3 Å². The highest BCUT2D eigenvalue weighted by Crippen LogP contribution is 2.27. The molecule has 0 saturated carbocycles. The van der Waals surface area contributed by atoms with Crippen LogP contribution in [0.25, 0.3) is 0 Å². The molecule has 0 spiro atoms. The second-order valence-electron chi connectivity index (χ2n) is 4.66. The molecule has 2 rings (SSSR count). The SMILES string of the molecule is Cc1c(N)cc(S(=O)(=O)N2CCSC(C)C2)cc1F. The zero-order valence-corrected chi connectivity index (χ0v) is 12.5. The summed E-state index contributed by atoms with van der Waals surface area (Å²) in [7, 11) is -3.66. The van der Waals surface area contributed by atoms with Crippen molar-refractivity contribution in [2.45, 2.75) is 24.0 Å². The topological polar surface area (TPSA) is 63.4 Å². The van der Waals surface area contributed by atoms with Gasteiger partial charge in [0.05, 0.1) is 4.90 Å². The monoisotopic (exact) mass is 304 g/mol. The van der Waals surface area contributed by atoms with E-state index in [1.54, 1.807) is 11.8 Å². The first-order valence-corrected chi connectivity index (χ1v) is 8.48. The fraction of sp³-hybridized carbons (Fsp3) is 0.500. The minimum absolute atomic E-state index is 0.0628.